The molecule has 17 heavy (non-hydrogen) atoms. The van der Waals surface area contributed by atoms with E-state index >= 15 is 0 Å². The van der Waals surface area contributed by atoms with Crippen molar-refractivity contribution in [3.05, 3.63) is 47.4 Å². The van der Waals surface area contributed by atoms with Crippen molar-refractivity contribution in [2.45, 2.75) is 20.4 Å². The van der Waals surface area contributed by atoms with E-state index in [9.17, 15) is 0 Å². The Morgan fingerprint density at radius 2 is 1.88 bits per heavy atom. The van der Waals surface area contributed by atoms with Crippen LogP contribution in [0.15, 0.2) is 30.5 Å². The summed E-state index contributed by atoms with van der Waals surface area (Å²) in [5.41, 5.74) is 8.22. The van der Waals surface area contributed by atoms with Crippen LogP contribution in [0.3, 0.4) is 0 Å². The third kappa shape index (κ3) is 2.79. The maximum absolute atomic E-state index is 5.68. The van der Waals surface area contributed by atoms with E-state index in [0.717, 1.165) is 22.7 Å². The molecule has 0 unspecified atom stereocenters. The second-order valence-electron chi connectivity index (χ2n) is 3.85. The standard InChI is InChI=1S/C13H15N3O/c1-9-8-15-10(2)13(16-9)17-12-5-3-11(7-14)4-6-12/h3-6,8H,7,14H2,1-2H3. The zero-order valence-electron chi connectivity index (χ0n) is 9.97. The van der Waals surface area contributed by atoms with E-state index in [1.807, 2.05) is 38.1 Å². The van der Waals surface area contributed by atoms with Gasteiger partial charge in [-0.1, -0.05) is 12.1 Å². The van der Waals surface area contributed by atoms with Gasteiger partial charge in [-0.15, -0.1) is 0 Å². The highest BCUT2D eigenvalue weighted by atomic mass is 16.5. The van der Waals surface area contributed by atoms with Crippen LogP contribution in [-0.4, -0.2) is 9.97 Å². The van der Waals surface area contributed by atoms with Crippen LogP contribution in [0.2, 0.25) is 0 Å². The molecule has 0 saturated carbocycles. The van der Waals surface area contributed by atoms with Crippen LogP contribution in [0.4, 0.5) is 0 Å². The molecule has 0 fully saturated rings. The van der Waals surface area contributed by atoms with E-state index in [2.05, 4.69) is 9.97 Å². The fraction of sp³-hybridized carbons (Fsp3) is 0.231. The number of rotatable bonds is 3. The summed E-state index contributed by atoms with van der Waals surface area (Å²) < 4.78 is 5.68. The lowest BCUT2D eigenvalue weighted by molar-refractivity contribution is 0.453. The van der Waals surface area contributed by atoms with Gasteiger partial charge in [0.05, 0.1) is 11.4 Å². The molecule has 0 radical (unpaired) electrons. The predicted octanol–water partition coefficient (Wildman–Crippen LogP) is 2.34. The van der Waals surface area contributed by atoms with Crippen LogP contribution in [-0.2, 0) is 6.54 Å². The fourth-order valence-corrected chi connectivity index (χ4v) is 1.42. The van der Waals surface area contributed by atoms with Gasteiger partial charge in [0.25, 0.3) is 0 Å². The van der Waals surface area contributed by atoms with Crippen molar-refractivity contribution >= 4 is 0 Å². The highest BCUT2D eigenvalue weighted by molar-refractivity contribution is 5.31. The summed E-state index contributed by atoms with van der Waals surface area (Å²) in [6, 6.07) is 7.64. The molecule has 1 heterocycles. The first-order valence-electron chi connectivity index (χ1n) is 5.46. The van der Waals surface area contributed by atoms with Crippen LogP contribution in [0.5, 0.6) is 11.6 Å². The van der Waals surface area contributed by atoms with Gasteiger partial charge in [-0.2, -0.15) is 0 Å². The van der Waals surface area contributed by atoms with Crippen molar-refractivity contribution in [2.24, 2.45) is 5.73 Å². The average Bonchev–Trinajstić information content (AvgIpc) is 2.35. The Balaban J connectivity index is 2.22. The molecule has 0 atom stereocenters. The van der Waals surface area contributed by atoms with Gasteiger partial charge in [-0.25, -0.2) is 4.98 Å². The van der Waals surface area contributed by atoms with Gasteiger partial charge < -0.3 is 10.5 Å². The van der Waals surface area contributed by atoms with E-state index in [1.54, 1.807) is 6.20 Å². The molecule has 1 aromatic carbocycles. The molecule has 4 heteroatoms. The van der Waals surface area contributed by atoms with Gasteiger partial charge in [0.2, 0.25) is 5.88 Å². The molecule has 4 nitrogen and oxygen atoms in total. The molecule has 0 aliphatic heterocycles. The number of hydrogen-bond donors (Lipinski definition) is 1. The largest absolute Gasteiger partial charge is 0.437 e. The van der Waals surface area contributed by atoms with Crippen molar-refractivity contribution in [3.63, 3.8) is 0 Å². The first-order valence-corrected chi connectivity index (χ1v) is 5.46. The normalized spacial score (nSPS) is 10.3. The van der Waals surface area contributed by atoms with Crippen LogP contribution < -0.4 is 10.5 Å². The summed E-state index contributed by atoms with van der Waals surface area (Å²) in [6.45, 7) is 4.29. The second kappa shape index (κ2) is 4.93. The smallest absolute Gasteiger partial charge is 0.241 e. The Bertz CT molecular complexity index is 509. The lowest BCUT2D eigenvalue weighted by Gasteiger charge is -2.07. The zero-order chi connectivity index (χ0) is 12.3. The third-order valence-electron chi connectivity index (χ3n) is 2.41. The van der Waals surface area contributed by atoms with Crippen molar-refractivity contribution in [1.82, 2.24) is 9.97 Å². The number of ether oxygens (including phenoxy) is 1. The summed E-state index contributed by atoms with van der Waals surface area (Å²) in [6.07, 6.45) is 1.72. The topological polar surface area (TPSA) is 61.0 Å². The summed E-state index contributed by atoms with van der Waals surface area (Å²) in [5, 5.41) is 0. The third-order valence-corrected chi connectivity index (χ3v) is 2.41. The molecule has 0 saturated heterocycles. The van der Waals surface area contributed by atoms with Gasteiger partial charge in [-0.05, 0) is 31.5 Å². The lowest BCUT2D eigenvalue weighted by Crippen LogP contribution is -1.97. The van der Waals surface area contributed by atoms with Crippen LogP contribution in [0.25, 0.3) is 0 Å². The molecule has 2 rings (SSSR count). The van der Waals surface area contributed by atoms with E-state index < -0.39 is 0 Å². The molecule has 88 valence electrons. The van der Waals surface area contributed by atoms with Gasteiger partial charge in [0, 0.05) is 12.7 Å². The Kier molecular flexibility index (Phi) is 3.35. The zero-order valence-corrected chi connectivity index (χ0v) is 9.97. The Morgan fingerprint density at radius 3 is 2.53 bits per heavy atom. The molecule has 1 aromatic heterocycles. The number of nitrogens with zero attached hydrogens (tertiary/aromatic N) is 2. The first-order chi connectivity index (χ1) is 8.19. The summed E-state index contributed by atoms with van der Waals surface area (Å²) >= 11 is 0. The number of aromatic nitrogens is 2. The molecule has 2 aromatic rings. The molecule has 0 aliphatic rings. The first kappa shape index (κ1) is 11.5. The Morgan fingerprint density at radius 1 is 1.18 bits per heavy atom. The SMILES string of the molecule is Cc1cnc(C)c(Oc2ccc(CN)cc2)n1. The lowest BCUT2D eigenvalue weighted by atomic mass is 10.2. The average molecular weight is 229 g/mol. The molecule has 2 N–H and O–H groups in total. The maximum Gasteiger partial charge on any atom is 0.241 e. The number of aryl methyl sites for hydroxylation is 2. The number of hydrogen-bond acceptors (Lipinski definition) is 4. The minimum absolute atomic E-state index is 0.531. The quantitative estimate of drug-likeness (QED) is 0.877. The molecule has 0 spiro atoms. The van der Waals surface area contributed by atoms with E-state index in [4.69, 9.17) is 10.5 Å². The summed E-state index contributed by atoms with van der Waals surface area (Å²) in [4.78, 5) is 8.50. The molecule has 0 aliphatic carbocycles. The highest BCUT2D eigenvalue weighted by Crippen LogP contribution is 2.21. The molecular weight excluding hydrogens is 214 g/mol. The van der Waals surface area contributed by atoms with Crippen molar-refractivity contribution < 1.29 is 4.74 Å². The minimum Gasteiger partial charge on any atom is -0.437 e. The highest BCUT2D eigenvalue weighted by Gasteiger charge is 2.04. The second-order valence-corrected chi connectivity index (χ2v) is 3.85. The molecule has 0 amide bonds. The monoisotopic (exact) mass is 229 g/mol. The van der Waals surface area contributed by atoms with E-state index in [0.29, 0.717) is 12.4 Å². The van der Waals surface area contributed by atoms with Crippen LogP contribution in [0, 0.1) is 13.8 Å². The Labute approximate surface area is 100 Å². The van der Waals surface area contributed by atoms with Crippen molar-refractivity contribution in [1.29, 1.82) is 0 Å². The van der Waals surface area contributed by atoms with Crippen LogP contribution in [0.1, 0.15) is 17.0 Å². The van der Waals surface area contributed by atoms with Gasteiger partial charge >= 0.3 is 0 Å². The van der Waals surface area contributed by atoms with Crippen molar-refractivity contribution in [3.8, 4) is 11.6 Å². The Hall–Kier alpha value is -1.94. The van der Waals surface area contributed by atoms with E-state index in [1.165, 1.54) is 0 Å². The molecule has 0 bridgehead atoms. The predicted molar refractivity (Wildman–Crippen MR) is 65.9 cm³/mol. The molecular formula is C13H15N3O. The van der Waals surface area contributed by atoms with Gasteiger partial charge in [0.1, 0.15) is 5.75 Å². The van der Waals surface area contributed by atoms with Crippen molar-refractivity contribution in [2.75, 3.05) is 0 Å². The summed E-state index contributed by atoms with van der Waals surface area (Å²) in [5.74, 6) is 1.29. The minimum atomic E-state index is 0.531. The van der Waals surface area contributed by atoms with E-state index in [-0.39, 0.29) is 0 Å². The maximum atomic E-state index is 5.68. The van der Waals surface area contributed by atoms with Gasteiger partial charge in [-0.3, -0.25) is 4.98 Å². The summed E-state index contributed by atoms with van der Waals surface area (Å²) in [7, 11) is 0. The van der Waals surface area contributed by atoms with Gasteiger partial charge in [0.15, 0.2) is 0 Å². The number of benzene rings is 1. The van der Waals surface area contributed by atoms with Crippen LogP contribution >= 0.6 is 0 Å². The number of nitrogens with two attached hydrogens (primary N) is 1. The fourth-order valence-electron chi connectivity index (χ4n) is 1.42.